The molecule has 0 aromatic rings. The minimum absolute atomic E-state index is 0.376. The fourth-order valence-corrected chi connectivity index (χ4v) is 3.20. The van der Waals surface area contributed by atoms with Crippen molar-refractivity contribution in [2.75, 3.05) is 6.61 Å². The molecule has 0 bridgehead atoms. The molecule has 15 heavy (non-hydrogen) atoms. The van der Waals surface area contributed by atoms with Gasteiger partial charge in [-0.15, -0.1) is 0 Å². The molecule has 0 saturated heterocycles. The summed E-state index contributed by atoms with van der Waals surface area (Å²) in [6, 6.07) is 1.34. The fourth-order valence-electron chi connectivity index (χ4n) is 3.20. The molecule has 2 saturated carbocycles. The normalized spacial score (nSPS) is 42.0. The summed E-state index contributed by atoms with van der Waals surface area (Å²) in [4.78, 5) is 0. The summed E-state index contributed by atoms with van der Waals surface area (Å²) in [5.74, 6) is 1.46. The van der Waals surface area contributed by atoms with Crippen molar-refractivity contribution < 1.29 is 5.11 Å². The third-order valence-corrected chi connectivity index (χ3v) is 4.36. The number of rotatable bonds is 3. The molecule has 2 nitrogen and oxygen atoms in total. The quantitative estimate of drug-likeness (QED) is 0.751. The molecule has 0 heterocycles. The van der Waals surface area contributed by atoms with Crippen LogP contribution in [0.3, 0.4) is 0 Å². The van der Waals surface area contributed by atoms with Gasteiger partial charge in [0.15, 0.2) is 0 Å². The van der Waals surface area contributed by atoms with E-state index >= 15 is 0 Å². The van der Waals surface area contributed by atoms with E-state index in [4.69, 9.17) is 0 Å². The zero-order chi connectivity index (χ0) is 10.7. The van der Waals surface area contributed by atoms with Crippen molar-refractivity contribution in [2.24, 2.45) is 11.8 Å². The van der Waals surface area contributed by atoms with Gasteiger partial charge in [-0.25, -0.2) is 0 Å². The maximum atomic E-state index is 9.27. The molecule has 0 aliphatic heterocycles. The van der Waals surface area contributed by atoms with Gasteiger partial charge in [0.25, 0.3) is 0 Å². The van der Waals surface area contributed by atoms with Gasteiger partial charge in [-0.2, -0.15) is 0 Å². The van der Waals surface area contributed by atoms with E-state index < -0.39 is 0 Å². The lowest BCUT2D eigenvalue weighted by Crippen LogP contribution is -2.42. The van der Waals surface area contributed by atoms with E-state index in [0.717, 1.165) is 12.0 Å². The number of aliphatic hydroxyl groups is 1. The molecule has 2 aliphatic carbocycles. The first-order valence-corrected chi connectivity index (χ1v) is 6.66. The van der Waals surface area contributed by atoms with Gasteiger partial charge in [0.1, 0.15) is 0 Å². The lowest BCUT2D eigenvalue weighted by molar-refractivity contribution is 0.188. The largest absolute Gasteiger partial charge is 0.396 e. The Bertz CT molecular complexity index is 187. The van der Waals surface area contributed by atoms with Gasteiger partial charge in [-0.1, -0.05) is 13.3 Å². The summed E-state index contributed by atoms with van der Waals surface area (Å²) in [7, 11) is 0. The smallest absolute Gasteiger partial charge is 0.0474 e. The average molecular weight is 211 g/mol. The molecule has 2 rings (SSSR count). The number of nitrogens with one attached hydrogen (secondary N) is 1. The Kier molecular flexibility index (Phi) is 4.04. The Labute approximate surface area is 93.5 Å². The van der Waals surface area contributed by atoms with E-state index in [1.807, 2.05) is 0 Å². The summed E-state index contributed by atoms with van der Waals surface area (Å²) >= 11 is 0. The monoisotopic (exact) mass is 211 g/mol. The molecule has 0 radical (unpaired) electrons. The van der Waals surface area contributed by atoms with Gasteiger partial charge in [0.05, 0.1) is 0 Å². The van der Waals surface area contributed by atoms with Gasteiger partial charge in [-0.05, 0) is 50.4 Å². The van der Waals surface area contributed by atoms with Crippen molar-refractivity contribution >= 4 is 0 Å². The van der Waals surface area contributed by atoms with Crippen molar-refractivity contribution in [1.82, 2.24) is 5.32 Å². The number of aliphatic hydroxyl groups excluding tert-OH is 1. The van der Waals surface area contributed by atoms with Gasteiger partial charge < -0.3 is 10.4 Å². The van der Waals surface area contributed by atoms with Crippen LogP contribution in [0.2, 0.25) is 0 Å². The second-order valence-corrected chi connectivity index (χ2v) is 5.60. The lowest BCUT2D eigenvalue weighted by atomic mass is 9.86. The van der Waals surface area contributed by atoms with E-state index in [2.05, 4.69) is 12.2 Å². The molecule has 0 spiro atoms. The minimum Gasteiger partial charge on any atom is -0.396 e. The van der Waals surface area contributed by atoms with E-state index in [9.17, 15) is 5.11 Å². The molecule has 0 aromatic carbocycles. The van der Waals surface area contributed by atoms with Crippen molar-refractivity contribution in [1.29, 1.82) is 0 Å². The summed E-state index contributed by atoms with van der Waals surface area (Å²) in [6.07, 6.45) is 9.24. The molecule has 2 N–H and O–H groups in total. The van der Waals surface area contributed by atoms with Crippen LogP contribution < -0.4 is 5.32 Å². The van der Waals surface area contributed by atoms with Gasteiger partial charge in [-0.3, -0.25) is 0 Å². The van der Waals surface area contributed by atoms with Crippen molar-refractivity contribution in [3.63, 3.8) is 0 Å². The standard InChI is InChI=1S/C13H25NO/c1-10-5-7-12(8-6-10)14-13-4-2-3-11(13)9-15/h10-15H,2-9H2,1H3. The molecule has 2 fully saturated rings. The van der Waals surface area contributed by atoms with Crippen LogP contribution in [0.25, 0.3) is 0 Å². The second kappa shape index (κ2) is 5.31. The predicted octanol–water partition coefficient (Wildman–Crippen LogP) is 2.32. The van der Waals surface area contributed by atoms with Crippen LogP contribution >= 0.6 is 0 Å². The molecule has 0 amide bonds. The number of hydrogen-bond donors (Lipinski definition) is 2. The van der Waals surface area contributed by atoms with Crippen LogP contribution in [-0.4, -0.2) is 23.8 Å². The Hall–Kier alpha value is -0.0800. The molecule has 2 heteroatoms. The molecular formula is C13H25NO. The third kappa shape index (κ3) is 2.94. The zero-order valence-electron chi connectivity index (χ0n) is 9.91. The van der Waals surface area contributed by atoms with Crippen molar-refractivity contribution in [3.05, 3.63) is 0 Å². The van der Waals surface area contributed by atoms with Crippen LogP contribution in [0, 0.1) is 11.8 Å². The molecule has 88 valence electrons. The first-order valence-electron chi connectivity index (χ1n) is 6.66. The Morgan fingerprint density at radius 1 is 1.07 bits per heavy atom. The Morgan fingerprint density at radius 2 is 1.80 bits per heavy atom. The highest BCUT2D eigenvalue weighted by Gasteiger charge is 2.29. The van der Waals surface area contributed by atoms with Crippen LogP contribution in [0.1, 0.15) is 51.9 Å². The summed E-state index contributed by atoms with van der Waals surface area (Å²) in [6.45, 7) is 2.74. The molecule has 2 atom stereocenters. The van der Waals surface area contributed by atoms with Gasteiger partial charge in [0.2, 0.25) is 0 Å². The first-order chi connectivity index (χ1) is 7.29. The van der Waals surface area contributed by atoms with E-state index in [1.54, 1.807) is 0 Å². The highest BCUT2D eigenvalue weighted by atomic mass is 16.3. The SMILES string of the molecule is CC1CCC(NC2CCCC2CO)CC1. The van der Waals surface area contributed by atoms with Crippen LogP contribution in [-0.2, 0) is 0 Å². The van der Waals surface area contributed by atoms with E-state index in [1.165, 1.54) is 44.9 Å². The molecule has 0 aromatic heterocycles. The van der Waals surface area contributed by atoms with Crippen molar-refractivity contribution in [3.8, 4) is 0 Å². The molecule has 2 aliphatic rings. The van der Waals surface area contributed by atoms with Crippen LogP contribution in [0.4, 0.5) is 0 Å². The summed E-state index contributed by atoms with van der Waals surface area (Å²) < 4.78 is 0. The topological polar surface area (TPSA) is 32.3 Å². The lowest BCUT2D eigenvalue weighted by Gasteiger charge is -2.31. The number of hydrogen-bond acceptors (Lipinski definition) is 2. The first kappa shape index (κ1) is 11.4. The van der Waals surface area contributed by atoms with Gasteiger partial charge in [0, 0.05) is 18.7 Å². The maximum Gasteiger partial charge on any atom is 0.0474 e. The third-order valence-electron chi connectivity index (χ3n) is 4.36. The van der Waals surface area contributed by atoms with Crippen molar-refractivity contribution in [2.45, 2.75) is 64.0 Å². The predicted molar refractivity (Wildman–Crippen MR) is 62.8 cm³/mol. The average Bonchev–Trinajstić information content (AvgIpc) is 2.69. The maximum absolute atomic E-state index is 9.27. The van der Waals surface area contributed by atoms with Crippen LogP contribution in [0.15, 0.2) is 0 Å². The highest BCUT2D eigenvalue weighted by molar-refractivity contribution is 4.87. The zero-order valence-corrected chi connectivity index (χ0v) is 9.91. The highest BCUT2D eigenvalue weighted by Crippen LogP contribution is 2.29. The van der Waals surface area contributed by atoms with Crippen LogP contribution in [0.5, 0.6) is 0 Å². The van der Waals surface area contributed by atoms with E-state index in [0.29, 0.717) is 18.6 Å². The summed E-state index contributed by atoms with van der Waals surface area (Å²) in [5, 5.41) is 13.0. The molecule has 2 unspecified atom stereocenters. The summed E-state index contributed by atoms with van der Waals surface area (Å²) in [5.41, 5.74) is 0. The van der Waals surface area contributed by atoms with E-state index in [-0.39, 0.29) is 0 Å². The second-order valence-electron chi connectivity index (χ2n) is 5.60. The minimum atomic E-state index is 0.376. The fraction of sp³-hybridized carbons (Fsp3) is 1.00. The van der Waals surface area contributed by atoms with Gasteiger partial charge >= 0.3 is 0 Å². The Morgan fingerprint density at radius 3 is 2.47 bits per heavy atom. The molecular weight excluding hydrogens is 186 g/mol. The Balaban J connectivity index is 1.76.